The van der Waals surface area contributed by atoms with Gasteiger partial charge in [0.25, 0.3) is 5.91 Å². The Balaban J connectivity index is 2.59. The van der Waals surface area contributed by atoms with Gasteiger partial charge in [-0.2, -0.15) is 0 Å². The molecule has 0 aliphatic rings. The normalized spacial score (nSPS) is 10.6. The maximum Gasteiger partial charge on any atom is 0.267 e. The number of fused-ring (bicyclic) bond motifs is 1. The van der Waals surface area contributed by atoms with Crippen LogP contribution in [0.4, 0.5) is 0 Å². The fraction of sp³-hybridized carbons (Fsp3) is 0.111. The molecule has 2 aromatic rings. The molecule has 0 saturated carbocycles. The van der Waals surface area contributed by atoms with Crippen LogP contribution in [0.15, 0.2) is 27.8 Å². The van der Waals surface area contributed by atoms with Gasteiger partial charge in [-0.25, -0.2) is 4.98 Å². The van der Waals surface area contributed by atoms with Crippen LogP contribution in [0.2, 0.25) is 0 Å². The largest absolute Gasteiger partial charge is 0.448 e. The first-order valence-electron chi connectivity index (χ1n) is 3.94. The second kappa shape index (κ2) is 3.34. The third kappa shape index (κ3) is 1.46. The molecule has 2 heterocycles. The molecule has 0 saturated heterocycles. The van der Waals surface area contributed by atoms with Crippen LogP contribution >= 0.6 is 11.8 Å². The van der Waals surface area contributed by atoms with Gasteiger partial charge in [-0.1, -0.05) is 11.8 Å². The van der Waals surface area contributed by atoms with E-state index in [1.807, 2.05) is 12.3 Å². The molecule has 1 amide bonds. The van der Waals surface area contributed by atoms with Crippen molar-refractivity contribution in [3.8, 4) is 0 Å². The highest BCUT2D eigenvalue weighted by Crippen LogP contribution is 2.25. The van der Waals surface area contributed by atoms with Crippen molar-refractivity contribution in [2.24, 2.45) is 5.73 Å². The SMILES string of the molecule is CSc1cc2cc(C(N)=O)ncc2o1. The van der Waals surface area contributed by atoms with Crippen molar-refractivity contribution in [3.05, 3.63) is 24.0 Å². The molecule has 0 aliphatic carbocycles. The van der Waals surface area contributed by atoms with Gasteiger partial charge in [0, 0.05) is 5.39 Å². The minimum absolute atomic E-state index is 0.256. The van der Waals surface area contributed by atoms with Gasteiger partial charge in [0.15, 0.2) is 10.7 Å². The molecule has 0 bridgehead atoms. The molecule has 0 aliphatic heterocycles. The van der Waals surface area contributed by atoms with E-state index in [2.05, 4.69) is 4.98 Å². The number of primary amides is 1. The van der Waals surface area contributed by atoms with E-state index in [4.69, 9.17) is 10.2 Å². The van der Waals surface area contributed by atoms with Gasteiger partial charge in [-0.15, -0.1) is 0 Å². The van der Waals surface area contributed by atoms with E-state index in [1.165, 1.54) is 18.0 Å². The summed E-state index contributed by atoms with van der Waals surface area (Å²) in [6, 6.07) is 3.48. The monoisotopic (exact) mass is 208 g/mol. The number of rotatable bonds is 2. The number of hydrogen-bond donors (Lipinski definition) is 1. The topological polar surface area (TPSA) is 69.1 Å². The Bertz CT molecular complexity index is 493. The lowest BCUT2D eigenvalue weighted by atomic mass is 10.2. The first-order valence-corrected chi connectivity index (χ1v) is 5.16. The predicted octanol–water partition coefficient (Wildman–Crippen LogP) is 1.65. The third-order valence-corrected chi connectivity index (χ3v) is 2.44. The summed E-state index contributed by atoms with van der Waals surface area (Å²) in [4.78, 5) is 14.7. The maximum absolute atomic E-state index is 10.8. The van der Waals surface area contributed by atoms with E-state index in [1.54, 1.807) is 6.07 Å². The summed E-state index contributed by atoms with van der Waals surface area (Å²) in [6.07, 6.45) is 3.43. The second-order valence-corrected chi connectivity index (χ2v) is 3.55. The molecule has 2 N–H and O–H groups in total. The van der Waals surface area contributed by atoms with Crippen molar-refractivity contribution >= 4 is 28.6 Å². The van der Waals surface area contributed by atoms with E-state index < -0.39 is 5.91 Å². The average molecular weight is 208 g/mol. The number of carbonyl (C=O) groups is 1. The highest BCUT2D eigenvalue weighted by Gasteiger charge is 2.07. The maximum atomic E-state index is 10.8. The molecule has 0 unspecified atom stereocenters. The van der Waals surface area contributed by atoms with Crippen LogP contribution in [0.1, 0.15) is 10.5 Å². The Morgan fingerprint density at radius 2 is 2.36 bits per heavy atom. The van der Waals surface area contributed by atoms with E-state index in [9.17, 15) is 4.79 Å². The van der Waals surface area contributed by atoms with Crippen LogP contribution in [0.5, 0.6) is 0 Å². The van der Waals surface area contributed by atoms with Crippen molar-refractivity contribution < 1.29 is 9.21 Å². The summed E-state index contributed by atoms with van der Waals surface area (Å²) in [5, 5.41) is 1.64. The van der Waals surface area contributed by atoms with Crippen LogP contribution in [-0.2, 0) is 0 Å². The molecule has 5 heteroatoms. The van der Waals surface area contributed by atoms with Crippen LogP contribution in [-0.4, -0.2) is 17.1 Å². The molecule has 72 valence electrons. The number of aromatic nitrogens is 1. The standard InChI is InChI=1S/C9H8N2O2S/c1-14-8-3-5-2-6(9(10)12)11-4-7(5)13-8/h2-4H,1H3,(H2,10,12). The van der Waals surface area contributed by atoms with Crippen LogP contribution in [0.3, 0.4) is 0 Å². The quantitative estimate of drug-likeness (QED) is 0.762. The molecular formula is C9H8N2O2S. The highest BCUT2D eigenvalue weighted by molar-refractivity contribution is 7.98. The van der Waals surface area contributed by atoms with Crippen molar-refractivity contribution in [1.29, 1.82) is 0 Å². The van der Waals surface area contributed by atoms with Gasteiger partial charge >= 0.3 is 0 Å². The van der Waals surface area contributed by atoms with Crippen LogP contribution < -0.4 is 5.73 Å². The lowest BCUT2D eigenvalue weighted by Crippen LogP contribution is -2.12. The Kier molecular flexibility index (Phi) is 2.17. The third-order valence-electron chi connectivity index (χ3n) is 1.84. The van der Waals surface area contributed by atoms with Gasteiger partial charge in [0.2, 0.25) is 0 Å². The number of hydrogen-bond acceptors (Lipinski definition) is 4. The molecular weight excluding hydrogens is 200 g/mol. The molecule has 2 rings (SSSR count). The first-order chi connectivity index (χ1) is 6.70. The van der Waals surface area contributed by atoms with Gasteiger partial charge < -0.3 is 10.2 Å². The Hall–Kier alpha value is -1.49. The number of thioether (sulfide) groups is 1. The van der Waals surface area contributed by atoms with Gasteiger partial charge in [-0.05, 0) is 18.4 Å². The second-order valence-electron chi connectivity index (χ2n) is 2.74. The minimum atomic E-state index is -0.529. The fourth-order valence-corrected chi connectivity index (χ4v) is 1.57. The minimum Gasteiger partial charge on any atom is -0.448 e. The molecule has 0 atom stereocenters. The van der Waals surface area contributed by atoms with Gasteiger partial charge in [-0.3, -0.25) is 4.79 Å². The number of carbonyl (C=O) groups excluding carboxylic acids is 1. The Morgan fingerprint density at radius 3 is 3.00 bits per heavy atom. The molecule has 14 heavy (non-hydrogen) atoms. The van der Waals surface area contributed by atoms with Crippen molar-refractivity contribution in [2.75, 3.05) is 6.26 Å². The Labute approximate surface area is 84.5 Å². The van der Waals surface area contributed by atoms with Crippen molar-refractivity contribution in [2.45, 2.75) is 5.09 Å². The molecule has 0 fully saturated rings. The summed E-state index contributed by atoms with van der Waals surface area (Å²) >= 11 is 1.50. The first kappa shape index (κ1) is 9.08. The average Bonchev–Trinajstić information content (AvgIpc) is 2.58. The van der Waals surface area contributed by atoms with E-state index >= 15 is 0 Å². The van der Waals surface area contributed by atoms with Crippen LogP contribution in [0, 0.1) is 0 Å². The molecule has 2 aromatic heterocycles. The summed E-state index contributed by atoms with van der Waals surface area (Å²) in [5.74, 6) is -0.529. The summed E-state index contributed by atoms with van der Waals surface area (Å²) in [7, 11) is 0. The summed E-state index contributed by atoms with van der Waals surface area (Å²) < 4.78 is 5.40. The van der Waals surface area contributed by atoms with Crippen LogP contribution in [0.25, 0.3) is 11.0 Å². The van der Waals surface area contributed by atoms with Gasteiger partial charge in [0.05, 0.1) is 6.20 Å². The zero-order valence-corrected chi connectivity index (χ0v) is 8.30. The number of furan rings is 1. The van der Waals surface area contributed by atoms with Crippen molar-refractivity contribution in [3.63, 3.8) is 0 Å². The Morgan fingerprint density at radius 1 is 1.57 bits per heavy atom. The molecule has 0 radical (unpaired) electrons. The van der Waals surface area contributed by atoms with E-state index in [0.29, 0.717) is 5.58 Å². The molecule has 0 spiro atoms. The zero-order chi connectivity index (χ0) is 10.1. The van der Waals surface area contributed by atoms with Gasteiger partial charge in [0.1, 0.15) is 5.69 Å². The predicted molar refractivity (Wildman–Crippen MR) is 54.3 cm³/mol. The number of nitrogens with two attached hydrogens (primary N) is 1. The number of nitrogens with zero attached hydrogens (tertiary/aromatic N) is 1. The fourth-order valence-electron chi connectivity index (χ4n) is 1.16. The summed E-state index contributed by atoms with van der Waals surface area (Å²) in [6.45, 7) is 0. The summed E-state index contributed by atoms with van der Waals surface area (Å²) in [5.41, 5.74) is 6.03. The van der Waals surface area contributed by atoms with E-state index in [0.717, 1.165) is 10.5 Å². The number of amides is 1. The lowest BCUT2D eigenvalue weighted by molar-refractivity contribution is 0.0996. The van der Waals surface area contributed by atoms with E-state index in [-0.39, 0.29) is 5.69 Å². The zero-order valence-electron chi connectivity index (χ0n) is 7.48. The smallest absolute Gasteiger partial charge is 0.267 e. The molecule has 0 aromatic carbocycles. The highest BCUT2D eigenvalue weighted by atomic mass is 32.2. The number of pyridine rings is 1. The molecule has 4 nitrogen and oxygen atoms in total. The lowest BCUT2D eigenvalue weighted by Gasteiger charge is -1.92. The van der Waals surface area contributed by atoms with Crippen molar-refractivity contribution in [1.82, 2.24) is 4.98 Å².